The first-order valence-electron chi connectivity index (χ1n) is 6.74. The Kier molecular flexibility index (Phi) is 3.95. The second-order valence-electron chi connectivity index (χ2n) is 4.92. The number of hydrogen-bond donors (Lipinski definition) is 0. The number of halogens is 1. The van der Waals surface area contributed by atoms with Gasteiger partial charge in [0.2, 0.25) is 0 Å². The van der Waals surface area contributed by atoms with Gasteiger partial charge in [0, 0.05) is 11.6 Å². The molecule has 1 heterocycles. The number of rotatable bonds is 4. The van der Waals surface area contributed by atoms with Crippen LogP contribution in [0, 0.1) is 5.82 Å². The van der Waals surface area contributed by atoms with E-state index in [1.165, 1.54) is 17.2 Å². The third-order valence-electron chi connectivity index (χ3n) is 3.54. The van der Waals surface area contributed by atoms with Gasteiger partial charge in [-0.2, -0.15) is 0 Å². The van der Waals surface area contributed by atoms with Crippen molar-refractivity contribution >= 4 is 10.9 Å². The van der Waals surface area contributed by atoms with Crippen LogP contribution >= 0.6 is 0 Å². The van der Waals surface area contributed by atoms with Crippen molar-refractivity contribution in [3.05, 3.63) is 41.3 Å². The second kappa shape index (κ2) is 5.47. The molecule has 1 atom stereocenters. The fourth-order valence-electron chi connectivity index (χ4n) is 2.48. The van der Waals surface area contributed by atoms with Crippen molar-refractivity contribution in [2.75, 3.05) is 0 Å². The predicted molar refractivity (Wildman–Crippen MR) is 74.4 cm³/mol. The Balaban J connectivity index is 2.66. The van der Waals surface area contributed by atoms with Crippen LogP contribution in [0.4, 0.5) is 4.39 Å². The maximum atomic E-state index is 13.9. The molecule has 2 heteroatoms. The zero-order valence-corrected chi connectivity index (χ0v) is 11.3. The molecule has 2 aromatic rings. The Hall–Kier alpha value is -1.44. The molecule has 0 saturated heterocycles. The minimum absolute atomic E-state index is 0.166. The van der Waals surface area contributed by atoms with Crippen molar-refractivity contribution in [1.29, 1.82) is 0 Å². The number of hydrogen-bond acceptors (Lipinski definition) is 1. The lowest BCUT2D eigenvalue weighted by molar-refractivity contribution is 0.636. The van der Waals surface area contributed by atoms with Gasteiger partial charge in [-0.15, -0.1) is 0 Å². The lowest BCUT2D eigenvalue weighted by atomic mass is 9.91. The molecular weight excluding hydrogens is 225 g/mol. The molecule has 1 nitrogen and oxygen atoms in total. The number of aryl methyl sites for hydroxylation is 1. The SMILES string of the molecule is CCCC(C)c1cc(CC)cc2c(F)ccnc12. The van der Waals surface area contributed by atoms with Crippen molar-refractivity contribution in [3.63, 3.8) is 0 Å². The summed E-state index contributed by atoms with van der Waals surface area (Å²) in [7, 11) is 0. The molecule has 0 saturated carbocycles. The molecule has 0 fully saturated rings. The van der Waals surface area contributed by atoms with Crippen LogP contribution in [0.15, 0.2) is 24.4 Å². The van der Waals surface area contributed by atoms with E-state index in [9.17, 15) is 4.39 Å². The Labute approximate surface area is 108 Å². The van der Waals surface area contributed by atoms with E-state index in [0.717, 1.165) is 24.8 Å². The third-order valence-corrected chi connectivity index (χ3v) is 3.54. The second-order valence-corrected chi connectivity index (χ2v) is 4.92. The van der Waals surface area contributed by atoms with Crippen LogP contribution in [0.1, 0.15) is 50.7 Å². The van der Waals surface area contributed by atoms with Gasteiger partial charge in [-0.25, -0.2) is 4.39 Å². The molecule has 0 aliphatic carbocycles. The summed E-state index contributed by atoms with van der Waals surface area (Å²) in [6.45, 7) is 6.48. The molecule has 18 heavy (non-hydrogen) atoms. The van der Waals surface area contributed by atoms with E-state index in [2.05, 4.69) is 31.8 Å². The Bertz CT molecular complexity index is 548. The highest BCUT2D eigenvalue weighted by Gasteiger charge is 2.13. The third kappa shape index (κ3) is 2.38. The summed E-state index contributed by atoms with van der Waals surface area (Å²) in [6.07, 6.45) is 4.73. The van der Waals surface area contributed by atoms with Crippen LogP contribution in [0.25, 0.3) is 10.9 Å². The highest BCUT2D eigenvalue weighted by Crippen LogP contribution is 2.30. The van der Waals surface area contributed by atoms with Crippen LogP contribution in [0.2, 0.25) is 0 Å². The first-order valence-corrected chi connectivity index (χ1v) is 6.74. The first kappa shape index (κ1) is 13.0. The van der Waals surface area contributed by atoms with E-state index in [1.54, 1.807) is 6.20 Å². The van der Waals surface area contributed by atoms with Gasteiger partial charge in [0.05, 0.1) is 5.52 Å². The molecule has 1 unspecified atom stereocenters. The van der Waals surface area contributed by atoms with E-state index in [1.807, 2.05) is 6.07 Å². The van der Waals surface area contributed by atoms with Crippen LogP contribution < -0.4 is 0 Å². The standard InChI is InChI=1S/C16H20FN/c1-4-6-11(3)13-9-12(5-2)10-14-15(17)7-8-18-16(13)14/h7-11H,4-6H2,1-3H3. The van der Waals surface area contributed by atoms with Crippen molar-refractivity contribution in [1.82, 2.24) is 4.98 Å². The minimum Gasteiger partial charge on any atom is -0.256 e. The lowest BCUT2D eigenvalue weighted by Gasteiger charge is -2.15. The number of pyridine rings is 1. The fraction of sp³-hybridized carbons (Fsp3) is 0.438. The van der Waals surface area contributed by atoms with Gasteiger partial charge in [0.1, 0.15) is 5.82 Å². The van der Waals surface area contributed by atoms with E-state index < -0.39 is 0 Å². The number of nitrogens with zero attached hydrogens (tertiary/aromatic N) is 1. The summed E-state index contributed by atoms with van der Waals surface area (Å²) in [5.41, 5.74) is 3.20. The smallest absolute Gasteiger partial charge is 0.134 e. The van der Waals surface area contributed by atoms with E-state index >= 15 is 0 Å². The van der Waals surface area contributed by atoms with Crippen LogP contribution in [0.5, 0.6) is 0 Å². The van der Waals surface area contributed by atoms with Crippen LogP contribution in [-0.2, 0) is 6.42 Å². The Morgan fingerprint density at radius 1 is 1.28 bits per heavy atom. The molecule has 1 aromatic carbocycles. The molecule has 0 amide bonds. The predicted octanol–water partition coefficient (Wildman–Crippen LogP) is 4.84. The van der Waals surface area contributed by atoms with Gasteiger partial charge in [-0.3, -0.25) is 4.98 Å². The molecule has 1 aromatic heterocycles. The van der Waals surface area contributed by atoms with Crippen molar-refractivity contribution in [2.45, 2.75) is 46.0 Å². The van der Waals surface area contributed by atoms with E-state index in [4.69, 9.17) is 0 Å². The van der Waals surface area contributed by atoms with Gasteiger partial charge >= 0.3 is 0 Å². The Morgan fingerprint density at radius 3 is 2.72 bits per heavy atom. The summed E-state index contributed by atoms with van der Waals surface area (Å²) < 4.78 is 13.9. The topological polar surface area (TPSA) is 12.9 Å². The highest BCUT2D eigenvalue weighted by atomic mass is 19.1. The summed E-state index contributed by atoms with van der Waals surface area (Å²) in [6, 6.07) is 5.56. The van der Waals surface area contributed by atoms with Crippen molar-refractivity contribution in [2.24, 2.45) is 0 Å². The summed E-state index contributed by atoms with van der Waals surface area (Å²) >= 11 is 0. The van der Waals surface area contributed by atoms with Crippen LogP contribution in [0.3, 0.4) is 0 Å². The van der Waals surface area contributed by atoms with Crippen molar-refractivity contribution in [3.8, 4) is 0 Å². The fourth-order valence-corrected chi connectivity index (χ4v) is 2.48. The normalized spacial score (nSPS) is 12.9. The van der Waals surface area contributed by atoms with E-state index in [-0.39, 0.29) is 5.82 Å². The first-order chi connectivity index (χ1) is 8.67. The zero-order chi connectivity index (χ0) is 13.1. The van der Waals surface area contributed by atoms with Gasteiger partial charge in [0.25, 0.3) is 0 Å². The zero-order valence-electron chi connectivity index (χ0n) is 11.3. The highest BCUT2D eigenvalue weighted by molar-refractivity contribution is 5.83. The summed E-state index contributed by atoms with van der Waals surface area (Å²) in [5, 5.41) is 0.662. The molecule has 0 N–H and O–H groups in total. The van der Waals surface area contributed by atoms with Gasteiger partial charge in [-0.05, 0) is 42.0 Å². The molecule has 96 valence electrons. The van der Waals surface area contributed by atoms with Crippen molar-refractivity contribution < 1.29 is 4.39 Å². The van der Waals surface area contributed by atoms with Gasteiger partial charge < -0.3 is 0 Å². The summed E-state index contributed by atoms with van der Waals surface area (Å²) in [4.78, 5) is 4.38. The monoisotopic (exact) mass is 245 g/mol. The molecular formula is C16H20FN. The molecule has 0 aliphatic heterocycles. The number of benzene rings is 1. The number of fused-ring (bicyclic) bond motifs is 1. The maximum absolute atomic E-state index is 13.9. The average molecular weight is 245 g/mol. The minimum atomic E-state index is -0.166. The van der Waals surface area contributed by atoms with Crippen LogP contribution in [-0.4, -0.2) is 4.98 Å². The molecule has 2 rings (SSSR count). The largest absolute Gasteiger partial charge is 0.256 e. The maximum Gasteiger partial charge on any atom is 0.134 e. The number of aromatic nitrogens is 1. The summed E-state index contributed by atoms with van der Waals surface area (Å²) in [5.74, 6) is 0.263. The molecule has 0 spiro atoms. The lowest BCUT2D eigenvalue weighted by Crippen LogP contribution is -1.99. The van der Waals surface area contributed by atoms with Gasteiger partial charge in [-0.1, -0.05) is 33.3 Å². The molecule has 0 bridgehead atoms. The Morgan fingerprint density at radius 2 is 2.06 bits per heavy atom. The molecule has 0 aliphatic rings. The molecule has 0 radical (unpaired) electrons. The quantitative estimate of drug-likeness (QED) is 0.751. The van der Waals surface area contributed by atoms with E-state index in [0.29, 0.717) is 11.3 Å². The average Bonchev–Trinajstić information content (AvgIpc) is 2.38. The van der Waals surface area contributed by atoms with Gasteiger partial charge in [0.15, 0.2) is 0 Å².